The Balaban J connectivity index is 2.66. The summed E-state index contributed by atoms with van der Waals surface area (Å²) in [5, 5.41) is 0. The molecule has 1 aromatic carbocycles. The van der Waals surface area contributed by atoms with Gasteiger partial charge in [-0.25, -0.2) is 0 Å². The molecule has 0 aliphatic carbocycles. The average molecular weight is 237 g/mol. The van der Waals surface area contributed by atoms with E-state index in [4.69, 9.17) is 15.2 Å². The van der Waals surface area contributed by atoms with E-state index >= 15 is 0 Å². The van der Waals surface area contributed by atoms with Crippen molar-refractivity contribution >= 4 is 0 Å². The maximum Gasteiger partial charge on any atom is 0.123 e. The highest BCUT2D eigenvalue weighted by Gasteiger charge is 2.08. The molecule has 0 aliphatic rings. The lowest BCUT2D eigenvalue weighted by molar-refractivity contribution is 0.0234. The number of nitrogens with two attached hydrogens (primary N) is 1. The second-order valence-corrected chi connectivity index (χ2v) is 4.61. The molecular formula is C14H23NO2. The van der Waals surface area contributed by atoms with Crippen LogP contribution in [0.2, 0.25) is 0 Å². The van der Waals surface area contributed by atoms with Gasteiger partial charge in [-0.2, -0.15) is 0 Å². The Morgan fingerprint density at radius 3 is 2.47 bits per heavy atom. The number of hydrogen-bond donors (Lipinski definition) is 1. The predicted octanol–water partition coefficient (Wildman–Crippen LogP) is 2.71. The Morgan fingerprint density at radius 2 is 1.94 bits per heavy atom. The van der Waals surface area contributed by atoms with Crippen molar-refractivity contribution in [1.82, 2.24) is 0 Å². The first-order chi connectivity index (χ1) is 8.08. The van der Waals surface area contributed by atoms with E-state index in [1.165, 1.54) is 0 Å². The van der Waals surface area contributed by atoms with Gasteiger partial charge in [0, 0.05) is 12.1 Å². The van der Waals surface area contributed by atoms with Crippen molar-refractivity contribution in [3.05, 3.63) is 29.3 Å². The van der Waals surface area contributed by atoms with Crippen molar-refractivity contribution in [2.45, 2.75) is 40.0 Å². The lowest BCUT2D eigenvalue weighted by atomic mass is 10.1. The Morgan fingerprint density at radius 1 is 1.24 bits per heavy atom. The summed E-state index contributed by atoms with van der Waals surface area (Å²) in [6.45, 7) is 7.51. The molecule has 0 bridgehead atoms. The summed E-state index contributed by atoms with van der Waals surface area (Å²) in [5.74, 6) is 1.37. The molecule has 0 radical (unpaired) electrons. The van der Waals surface area contributed by atoms with Crippen molar-refractivity contribution in [3.8, 4) is 5.75 Å². The molecule has 1 aromatic rings. The van der Waals surface area contributed by atoms with Gasteiger partial charge in [0.05, 0.1) is 19.8 Å². The summed E-state index contributed by atoms with van der Waals surface area (Å²) in [5.41, 5.74) is 7.84. The first kappa shape index (κ1) is 14.0. The third-order valence-electron chi connectivity index (χ3n) is 3.02. The highest BCUT2D eigenvalue weighted by Crippen LogP contribution is 2.20. The molecule has 0 saturated heterocycles. The van der Waals surface area contributed by atoms with Gasteiger partial charge in [0.15, 0.2) is 0 Å². The first-order valence-corrected chi connectivity index (χ1v) is 6.06. The molecule has 0 aromatic heterocycles. The largest absolute Gasteiger partial charge is 0.496 e. The number of hydrogen-bond acceptors (Lipinski definition) is 3. The molecule has 0 aliphatic heterocycles. The normalized spacial score (nSPS) is 12.8. The zero-order valence-corrected chi connectivity index (χ0v) is 11.2. The molecule has 1 unspecified atom stereocenters. The highest BCUT2D eigenvalue weighted by atomic mass is 16.5. The Hall–Kier alpha value is -1.06. The fourth-order valence-electron chi connectivity index (χ4n) is 1.50. The van der Waals surface area contributed by atoms with E-state index in [9.17, 15) is 0 Å². The Bertz CT molecular complexity index is 350. The molecule has 3 heteroatoms. The zero-order chi connectivity index (χ0) is 12.8. The van der Waals surface area contributed by atoms with E-state index in [-0.39, 0.29) is 6.10 Å². The minimum absolute atomic E-state index is 0.262. The topological polar surface area (TPSA) is 44.5 Å². The lowest BCUT2D eigenvalue weighted by Gasteiger charge is -2.17. The molecule has 0 amide bonds. The fourth-order valence-corrected chi connectivity index (χ4v) is 1.50. The second kappa shape index (κ2) is 6.62. The van der Waals surface area contributed by atoms with Gasteiger partial charge >= 0.3 is 0 Å². The number of ether oxygens (including phenoxy) is 2. The maximum absolute atomic E-state index is 5.78. The van der Waals surface area contributed by atoms with Crippen molar-refractivity contribution in [3.63, 3.8) is 0 Å². The summed E-state index contributed by atoms with van der Waals surface area (Å²) in [6.07, 6.45) is 0.262. The molecule has 0 fully saturated rings. The highest BCUT2D eigenvalue weighted by molar-refractivity contribution is 5.36. The monoisotopic (exact) mass is 237 g/mol. The molecule has 3 nitrogen and oxygen atoms in total. The van der Waals surface area contributed by atoms with Crippen LogP contribution < -0.4 is 10.5 Å². The van der Waals surface area contributed by atoms with Crippen molar-refractivity contribution < 1.29 is 9.47 Å². The molecule has 2 N–H and O–H groups in total. The van der Waals surface area contributed by atoms with Crippen LogP contribution in [0.4, 0.5) is 0 Å². The van der Waals surface area contributed by atoms with Crippen LogP contribution in [0.25, 0.3) is 0 Å². The minimum atomic E-state index is 0.262. The van der Waals surface area contributed by atoms with Gasteiger partial charge in [-0.05, 0) is 30.5 Å². The molecule has 96 valence electrons. The molecule has 0 spiro atoms. The molecule has 0 saturated carbocycles. The first-order valence-electron chi connectivity index (χ1n) is 6.06. The van der Waals surface area contributed by atoms with Crippen molar-refractivity contribution in [1.29, 1.82) is 0 Å². The van der Waals surface area contributed by atoms with E-state index in [0.29, 0.717) is 19.1 Å². The van der Waals surface area contributed by atoms with E-state index < -0.39 is 0 Å². The summed E-state index contributed by atoms with van der Waals surface area (Å²) >= 11 is 0. The van der Waals surface area contributed by atoms with Gasteiger partial charge < -0.3 is 15.2 Å². The van der Waals surface area contributed by atoms with Crippen LogP contribution in [-0.4, -0.2) is 13.2 Å². The summed E-state index contributed by atoms with van der Waals surface area (Å²) in [4.78, 5) is 0. The predicted molar refractivity (Wildman–Crippen MR) is 70.0 cm³/mol. The summed E-state index contributed by atoms with van der Waals surface area (Å²) in [7, 11) is 1.66. The van der Waals surface area contributed by atoms with Crippen molar-refractivity contribution in [2.24, 2.45) is 11.7 Å². The van der Waals surface area contributed by atoms with E-state index in [1.54, 1.807) is 7.11 Å². The number of methoxy groups -OCH3 is 1. The smallest absolute Gasteiger partial charge is 0.123 e. The van der Waals surface area contributed by atoms with E-state index in [2.05, 4.69) is 20.8 Å². The molecule has 1 rings (SSSR count). The van der Waals surface area contributed by atoms with Crippen LogP contribution in [0, 0.1) is 5.92 Å². The van der Waals surface area contributed by atoms with Crippen LogP contribution in [0.1, 0.15) is 31.9 Å². The lowest BCUT2D eigenvalue weighted by Crippen LogP contribution is -2.15. The average Bonchev–Trinajstić information content (AvgIpc) is 2.35. The Kier molecular flexibility index (Phi) is 5.45. The van der Waals surface area contributed by atoms with Gasteiger partial charge in [0.2, 0.25) is 0 Å². The van der Waals surface area contributed by atoms with Gasteiger partial charge in [-0.1, -0.05) is 19.9 Å². The van der Waals surface area contributed by atoms with E-state index in [1.807, 2.05) is 18.2 Å². The number of rotatable bonds is 6. The van der Waals surface area contributed by atoms with Gasteiger partial charge in [-0.15, -0.1) is 0 Å². The van der Waals surface area contributed by atoms with Gasteiger partial charge in [-0.3, -0.25) is 0 Å². The van der Waals surface area contributed by atoms with Crippen LogP contribution >= 0.6 is 0 Å². The Labute approximate surface area is 104 Å². The molecular weight excluding hydrogens is 214 g/mol. The van der Waals surface area contributed by atoms with Crippen molar-refractivity contribution in [2.75, 3.05) is 7.11 Å². The quantitative estimate of drug-likeness (QED) is 0.827. The zero-order valence-electron chi connectivity index (χ0n) is 11.2. The van der Waals surface area contributed by atoms with Crippen LogP contribution in [0.15, 0.2) is 18.2 Å². The molecule has 17 heavy (non-hydrogen) atoms. The second-order valence-electron chi connectivity index (χ2n) is 4.61. The van der Waals surface area contributed by atoms with Gasteiger partial charge in [0.25, 0.3) is 0 Å². The van der Waals surface area contributed by atoms with Crippen LogP contribution in [0.3, 0.4) is 0 Å². The minimum Gasteiger partial charge on any atom is -0.496 e. The maximum atomic E-state index is 5.78. The van der Waals surface area contributed by atoms with Crippen LogP contribution in [-0.2, 0) is 17.9 Å². The van der Waals surface area contributed by atoms with Gasteiger partial charge in [0.1, 0.15) is 5.75 Å². The standard InChI is InChI=1S/C14H23NO2/c1-10(2)11(3)17-9-12-5-6-14(16-4)13(7-12)8-15/h5-7,10-11H,8-9,15H2,1-4H3. The third-order valence-corrected chi connectivity index (χ3v) is 3.02. The number of benzene rings is 1. The SMILES string of the molecule is COc1ccc(COC(C)C(C)C)cc1CN. The third kappa shape index (κ3) is 4.02. The fraction of sp³-hybridized carbons (Fsp3) is 0.571. The van der Waals surface area contributed by atoms with E-state index in [0.717, 1.165) is 16.9 Å². The summed E-state index contributed by atoms with van der Waals surface area (Å²) in [6, 6.07) is 6.01. The molecule has 1 atom stereocenters. The van der Waals surface area contributed by atoms with Crippen LogP contribution in [0.5, 0.6) is 5.75 Å². The molecule has 0 heterocycles. The summed E-state index contributed by atoms with van der Waals surface area (Å²) < 4.78 is 11.0.